The maximum absolute atomic E-state index is 5.29. The van der Waals surface area contributed by atoms with Crippen LogP contribution in [0.15, 0.2) is 28.4 Å². The van der Waals surface area contributed by atoms with E-state index < -0.39 is 0 Å². The fourth-order valence-corrected chi connectivity index (χ4v) is 1.23. The van der Waals surface area contributed by atoms with Crippen LogP contribution in [-0.4, -0.2) is 12.1 Å². The second-order valence-corrected chi connectivity index (χ2v) is 4.78. The van der Waals surface area contributed by atoms with E-state index in [0.29, 0.717) is 0 Å². The topological polar surface area (TPSA) is 25.2 Å². The zero-order chi connectivity index (χ0) is 11.3. The molecule has 0 spiro atoms. The van der Waals surface area contributed by atoms with Crippen molar-refractivity contribution >= 4 is 6.08 Å². The molecule has 1 rings (SSSR count). The molecule has 1 N–H and O–H groups in total. The van der Waals surface area contributed by atoms with Gasteiger partial charge in [-0.05, 0) is 45.4 Å². The van der Waals surface area contributed by atoms with E-state index in [2.05, 4.69) is 39.1 Å². The molecular weight excluding hydrogens is 186 g/mol. The van der Waals surface area contributed by atoms with Crippen LogP contribution in [0.4, 0.5) is 0 Å². The minimum atomic E-state index is 0.164. The van der Waals surface area contributed by atoms with Crippen LogP contribution < -0.4 is 5.32 Å². The summed E-state index contributed by atoms with van der Waals surface area (Å²) in [5.41, 5.74) is 1.53. The Hall–Kier alpha value is -1.02. The fraction of sp³-hybridized carbons (Fsp3) is 0.538. The number of hydrogen-bond acceptors (Lipinski definition) is 2. The normalized spacial score (nSPS) is 13.2. The van der Waals surface area contributed by atoms with Crippen molar-refractivity contribution in [1.29, 1.82) is 0 Å². The highest BCUT2D eigenvalue weighted by atomic mass is 16.3. The molecule has 0 aliphatic carbocycles. The van der Waals surface area contributed by atoms with Gasteiger partial charge in [-0.25, -0.2) is 0 Å². The molecule has 0 amide bonds. The molecular formula is C13H21NO. The molecule has 15 heavy (non-hydrogen) atoms. The fourth-order valence-electron chi connectivity index (χ4n) is 1.23. The van der Waals surface area contributed by atoms with Crippen LogP contribution in [-0.2, 0) is 0 Å². The van der Waals surface area contributed by atoms with Gasteiger partial charge in [0, 0.05) is 12.1 Å². The molecule has 2 heteroatoms. The van der Waals surface area contributed by atoms with E-state index in [1.54, 1.807) is 6.26 Å². The van der Waals surface area contributed by atoms with E-state index in [0.717, 1.165) is 18.7 Å². The van der Waals surface area contributed by atoms with Gasteiger partial charge in [0.25, 0.3) is 0 Å². The monoisotopic (exact) mass is 207 g/mol. The summed E-state index contributed by atoms with van der Waals surface area (Å²) in [6.07, 6.45) is 4.86. The first-order chi connectivity index (χ1) is 7.01. The van der Waals surface area contributed by atoms with Crippen molar-refractivity contribution in [1.82, 2.24) is 5.32 Å². The number of furan rings is 1. The summed E-state index contributed by atoms with van der Waals surface area (Å²) in [5, 5.41) is 3.48. The van der Waals surface area contributed by atoms with Crippen LogP contribution in [0.25, 0.3) is 6.08 Å². The third-order valence-electron chi connectivity index (χ3n) is 2.19. The third-order valence-corrected chi connectivity index (χ3v) is 2.19. The van der Waals surface area contributed by atoms with Gasteiger partial charge >= 0.3 is 0 Å². The Labute approximate surface area is 92.4 Å². The lowest BCUT2D eigenvalue weighted by molar-refractivity contribution is 0.442. The number of hydrogen-bond donors (Lipinski definition) is 1. The molecule has 0 atom stereocenters. The summed E-state index contributed by atoms with van der Waals surface area (Å²) in [4.78, 5) is 0. The molecule has 0 saturated carbocycles. The highest BCUT2D eigenvalue weighted by molar-refractivity contribution is 5.47. The van der Waals surface area contributed by atoms with Crippen LogP contribution >= 0.6 is 0 Å². The van der Waals surface area contributed by atoms with E-state index in [-0.39, 0.29) is 5.54 Å². The first-order valence-corrected chi connectivity index (χ1v) is 5.49. The van der Waals surface area contributed by atoms with Crippen LogP contribution in [0.5, 0.6) is 0 Å². The van der Waals surface area contributed by atoms with Gasteiger partial charge in [0.15, 0.2) is 0 Å². The summed E-state index contributed by atoms with van der Waals surface area (Å²) in [5.74, 6) is 0.933. The molecule has 0 aliphatic heterocycles. The minimum absolute atomic E-state index is 0.164. The van der Waals surface area contributed by atoms with Crippen molar-refractivity contribution in [3.63, 3.8) is 0 Å². The zero-order valence-electron chi connectivity index (χ0n) is 10.1. The van der Waals surface area contributed by atoms with Crippen molar-refractivity contribution < 1.29 is 4.42 Å². The molecule has 1 heterocycles. The summed E-state index contributed by atoms with van der Waals surface area (Å²) in [6, 6.07) is 3.89. The van der Waals surface area contributed by atoms with Crippen LogP contribution in [0.3, 0.4) is 0 Å². The van der Waals surface area contributed by atoms with E-state index in [4.69, 9.17) is 4.42 Å². The molecule has 0 fully saturated rings. The maximum atomic E-state index is 5.29. The smallest absolute Gasteiger partial charge is 0.126 e. The molecule has 0 radical (unpaired) electrons. The Morgan fingerprint density at radius 2 is 2.20 bits per heavy atom. The summed E-state index contributed by atoms with van der Waals surface area (Å²) < 4.78 is 5.29. The quantitative estimate of drug-likeness (QED) is 0.818. The summed E-state index contributed by atoms with van der Waals surface area (Å²) in [7, 11) is 0. The lowest BCUT2D eigenvalue weighted by atomic mass is 10.1. The Morgan fingerprint density at radius 1 is 1.47 bits per heavy atom. The van der Waals surface area contributed by atoms with Gasteiger partial charge in [0.05, 0.1) is 6.26 Å². The molecule has 0 saturated heterocycles. The lowest BCUT2D eigenvalue weighted by Gasteiger charge is -2.21. The summed E-state index contributed by atoms with van der Waals surface area (Å²) in [6.45, 7) is 9.60. The molecule has 0 bridgehead atoms. The van der Waals surface area contributed by atoms with Crippen molar-refractivity contribution in [2.75, 3.05) is 6.54 Å². The van der Waals surface area contributed by atoms with Gasteiger partial charge in [0.1, 0.15) is 5.76 Å². The second-order valence-electron chi connectivity index (χ2n) is 4.78. The van der Waals surface area contributed by atoms with Gasteiger partial charge in [0.2, 0.25) is 0 Å². The molecule has 2 nitrogen and oxygen atoms in total. The molecule has 0 aromatic carbocycles. The minimum Gasteiger partial charge on any atom is -0.465 e. The Balaban J connectivity index is 2.57. The van der Waals surface area contributed by atoms with Gasteiger partial charge < -0.3 is 9.73 Å². The Kier molecular flexibility index (Phi) is 4.15. The highest BCUT2D eigenvalue weighted by Crippen LogP contribution is 2.10. The second kappa shape index (κ2) is 5.17. The zero-order valence-corrected chi connectivity index (χ0v) is 10.1. The average molecular weight is 207 g/mol. The van der Waals surface area contributed by atoms with Gasteiger partial charge in [-0.1, -0.05) is 12.5 Å². The number of nitrogens with one attached hydrogen (secondary N) is 1. The van der Waals surface area contributed by atoms with Crippen molar-refractivity contribution in [2.24, 2.45) is 0 Å². The van der Waals surface area contributed by atoms with E-state index in [1.807, 2.05) is 12.1 Å². The first-order valence-electron chi connectivity index (χ1n) is 5.49. The molecule has 0 unspecified atom stereocenters. The number of rotatable bonds is 4. The molecule has 84 valence electrons. The maximum Gasteiger partial charge on any atom is 0.126 e. The average Bonchev–Trinajstić information content (AvgIpc) is 2.63. The standard InChI is InChI=1S/C13H21NO/c1-5-11(10-14-13(2,3)4)9-12-7-6-8-15-12/h6-9,14H,5,10H2,1-4H3. The SMILES string of the molecule is CCC(=Cc1ccco1)CNC(C)(C)C. The van der Waals surface area contributed by atoms with Crippen molar-refractivity contribution in [2.45, 2.75) is 39.7 Å². The van der Waals surface area contributed by atoms with Gasteiger partial charge in [-0.3, -0.25) is 0 Å². The molecule has 1 aromatic heterocycles. The Bertz CT molecular complexity index is 304. The Morgan fingerprint density at radius 3 is 2.67 bits per heavy atom. The van der Waals surface area contributed by atoms with Crippen LogP contribution in [0, 0.1) is 0 Å². The van der Waals surface area contributed by atoms with Crippen LogP contribution in [0.1, 0.15) is 39.9 Å². The van der Waals surface area contributed by atoms with Gasteiger partial charge in [-0.2, -0.15) is 0 Å². The molecule has 0 aliphatic rings. The predicted molar refractivity (Wildman–Crippen MR) is 64.7 cm³/mol. The predicted octanol–water partition coefficient (Wildman–Crippen LogP) is 3.46. The van der Waals surface area contributed by atoms with E-state index in [9.17, 15) is 0 Å². The first kappa shape index (κ1) is 12.1. The van der Waals surface area contributed by atoms with Crippen LogP contribution in [0.2, 0.25) is 0 Å². The molecule has 1 aromatic rings. The van der Waals surface area contributed by atoms with E-state index in [1.165, 1.54) is 5.57 Å². The lowest BCUT2D eigenvalue weighted by Crippen LogP contribution is -2.36. The van der Waals surface area contributed by atoms with Crippen molar-refractivity contribution in [3.05, 3.63) is 29.7 Å². The van der Waals surface area contributed by atoms with Gasteiger partial charge in [-0.15, -0.1) is 0 Å². The third kappa shape index (κ3) is 4.84. The largest absolute Gasteiger partial charge is 0.465 e. The highest BCUT2D eigenvalue weighted by Gasteiger charge is 2.08. The summed E-state index contributed by atoms with van der Waals surface area (Å²) >= 11 is 0. The van der Waals surface area contributed by atoms with E-state index >= 15 is 0 Å². The van der Waals surface area contributed by atoms with Crippen molar-refractivity contribution in [3.8, 4) is 0 Å².